The Balaban J connectivity index is 1.77. The van der Waals surface area contributed by atoms with Gasteiger partial charge >= 0.3 is 0 Å². The van der Waals surface area contributed by atoms with Crippen LogP contribution in [0.25, 0.3) is 0 Å². The molecule has 4 nitrogen and oxygen atoms in total. The van der Waals surface area contributed by atoms with Gasteiger partial charge in [-0.1, -0.05) is 12.1 Å². The smallest absolute Gasteiger partial charge is 0.229 e. The molecule has 1 aromatic heterocycles. The molecule has 1 N–H and O–H groups in total. The molecule has 2 saturated heterocycles. The summed E-state index contributed by atoms with van der Waals surface area (Å²) in [6.07, 6.45) is 5.83. The van der Waals surface area contributed by atoms with Crippen molar-refractivity contribution in [3.05, 3.63) is 11.7 Å². The van der Waals surface area contributed by atoms with Crippen molar-refractivity contribution in [1.29, 1.82) is 0 Å². The molecule has 0 amide bonds. The number of aromatic nitrogens is 2. The number of piperidine rings is 1. The number of rotatable bonds is 2. The van der Waals surface area contributed by atoms with Gasteiger partial charge in [0.05, 0.1) is 0 Å². The van der Waals surface area contributed by atoms with Gasteiger partial charge in [0, 0.05) is 24.4 Å². The fraction of sp³-hybridized carbons (Fsp3) is 0.818. The van der Waals surface area contributed by atoms with Gasteiger partial charge in [0.2, 0.25) is 5.89 Å². The maximum Gasteiger partial charge on any atom is 0.229 e. The average molecular weight is 207 g/mol. The number of nitrogens with one attached hydrogen (secondary N) is 1. The maximum absolute atomic E-state index is 5.33. The van der Waals surface area contributed by atoms with Gasteiger partial charge in [0.1, 0.15) is 0 Å². The Morgan fingerprint density at radius 1 is 1.33 bits per heavy atom. The van der Waals surface area contributed by atoms with Crippen LogP contribution in [0.2, 0.25) is 0 Å². The highest BCUT2D eigenvalue weighted by Gasteiger charge is 2.36. The molecule has 82 valence electrons. The molecule has 3 rings (SSSR count). The summed E-state index contributed by atoms with van der Waals surface area (Å²) >= 11 is 0. The first-order chi connectivity index (χ1) is 7.35. The van der Waals surface area contributed by atoms with E-state index in [4.69, 9.17) is 4.52 Å². The second-order valence-corrected chi connectivity index (χ2v) is 4.71. The van der Waals surface area contributed by atoms with Gasteiger partial charge in [0.25, 0.3) is 0 Å². The van der Waals surface area contributed by atoms with E-state index < -0.39 is 0 Å². The van der Waals surface area contributed by atoms with Gasteiger partial charge in [-0.15, -0.1) is 0 Å². The molecule has 2 fully saturated rings. The Bertz CT molecular complexity index is 337. The Labute approximate surface area is 89.4 Å². The lowest BCUT2D eigenvalue weighted by Gasteiger charge is -2.26. The molecule has 15 heavy (non-hydrogen) atoms. The van der Waals surface area contributed by atoms with Crippen molar-refractivity contribution in [2.75, 3.05) is 0 Å². The molecule has 0 aliphatic carbocycles. The van der Waals surface area contributed by atoms with E-state index in [2.05, 4.69) is 22.4 Å². The predicted octanol–water partition coefficient (Wildman–Crippen LogP) is 1.63. The molecule has 2 unspecified atom stereocenters. The average Bonchev–Trinajstić information content (AvgIpc) is 2.85. The molecule has 2 bridgehead atoms. The molecule has 1 aromatic rings. The van der Waals surface area contributed by atoms with Gasteiger partial charge in [-0.2, -0.15) is 4.98 Å². The molecule has 2 aliphatic rings. The summed E-state index contributed by atoms with van der Waals surface area (Å²) in [5.74, 6) is 2.21. The van der Waals surface area contributed by atoms with Crippen molar-refractivity contribution in [3.8, 4) is 0 Å². The largest absolute Gasteiger partial charge is 0.339 e. The topological polar surface area (TPSA) is 51.0 Å². The molecule has 0 spiro atoms. The normalized spacial score (nSPS) is 34.6. The highest BCUT2D eigenvalue weighted by atomic mass is 16.5. The lowest BCUT2D eigenvalue weighted by molar-refractivity contribution is 0.286. The van der Waals surface area contributed by atoms with Gasteiger partial charge < -0.3 is 9.84 Å². The zero-order valence-corrected chi connectivity index (χ0v) is 9.07. The highest BCUT2D eigenvalue weighted by molar-refractivity contribution is 5.03. The van der Waals surface area contributed by atoms with E-state index in [0.717, 1.165) is 18.1 Å². The number of hydrogen-bond acceptors (Lipinski definition) is 4. The summed E-state index contributed by atoms with van der Waals surface area (Å²) in [4.78, 5) is 4.44. The molecule has 3 heterocycles. The third-order valence-electron chi connectivity index (χ3n) is 3.62. The van der Waals surface area contributed by atoms with E-state index in [1.807, 2.05) is 0 Å². The van der Waals surface area contributed by atoms with Crippen LogP contribution in [0.3, 0.4) is 0 Å². The van der Waals surface area contributed by atoms with Crippen molar-refractivity contribution in [1.82, 2.24) is 15.5 Å². The van der Waals surface area contributed by atoms with E-state index in [1.54, 1.807) is 0 Å². The third kappa shape index (κ3) is 1.67. The van der Waals surface area contributed by atoms with Crippen LogP contribution in [0.4, 0.5) is 0 Å². The second kappa shape index (κ2) is 3.59. The van der Waals surface area contributed by atoms with Crippen LogP contribution in [0.1, 0.15) is 50.2 Å². The van der Waals surface area contributed by atoms with E-state index in [1.165, 1.54) is 25.7 Å². The summed E-state index contributed by atoms with van der Waals surface area (Å²) in [5.41, 5.74) is 0. The Morgan fingerprint density at radius 3 is 2.67 bits per heavy atom. The molecular weight excluding hydrogens is 190 g/mol. The van der Waals surface area contributed by atoms with Crippen LogP contribution in [-0.2, 0) is 6.42 Å². The van der Waals surface area contributed by atoms with Crippen molar-refractivity contribution in [2.45, 2.75) is 57.0 Å². The minimum absolute atomic E-state index is 0.497. The summed E-state index contributed by atoms with van der Waals surface area (Å²) in [6.45, 7) is 2.06. The van der Waals surface area contributed by atoms with Crippen molar-refractivity contribution in [2.24, 2.45) is 0 Å². The first-order valence-electron chi connectivity index (χ1n) is 5.93. The summed E-state index contributed by atoms with van der Waals surface area (Å²) in [7, 11) is 0. The number of aryl methyl sites for hydroxylation is 1. The zero-order chi connectivity index (χ0) is 10.3. The van der Waals surface area contributed by atoms with Crippen LogP contribution in [0.5, 0.6) is 0 Å². The van der Waals surface area contributed by atoms with E-state index >= 15 is 0 Å². The standard InChI is InChI=1S/C11H17N3O/c1-2-10-13-11(15-14-10)7-5-8-3-4-9(6-7)12-8/h7-9,12H,2-6H2,1H3. The van der Waals surface area contributed by atoms with Gasteiger partial charge in [-0.25, -0.2) is 0 Å². The van der Waals surface area contributed by atoms with Gasteiger partial charge in [-0.05, 0) is 25.7 Å². The molecule has 2 atom stereocenters. The van der Waals surface area contributed by atoms with Gasteiger partial charge in [-0.3, -0.25) is 0 Å². The fourth-order valence-electron chi connectivity index (χ4n) is 2.84. The van der Waals surface area contributed by atoms with Crippen LogP contribution >= 0.6 is 0 Å². The SMILES string of the molecule is CCc1noc(C2CC3CCC(C2)N3)n1. The molecule has 0 aromatic carbocycles. The summed E-state index contributed by atoms with van der Waals surface area (Å²) in [5, 5.41) is 7.59. The van der Waals surface area contributed by atoms with E-state index in [0.29, 0.717) is 18.0 Å². The lowest BCUT2D eigenvalue weighted by atomic mass is 9.92. The quantitative estimate of drug-likeness (QED) is 0.800. The molecule has 4 heteroatoms. The Kier molecular flexibility index (Phi) is 2.24. The van der Waals surface area contributed by atoms with Crippen molar-refractivity contribution in [3.63, 3.8) is 0 Å². The molecule has 0 saturated carbocycles. The monoisotopic (exact) mass is 207 g/mol. The van der Waals surface area contributed by atoms with E-state index in [9.17, 15) is 0 Å². The Hall–Kier alpha value is -0.900. The summed E-state index contributed by atoms with van der Waals surface area (Å²) < 4.78 is 5.33. The van der Waals surface area contributed by atoms with Crippen molar-refractivity contribution < 1.29 is 4.52 Å². The minimum Gasteiger partial charge on any atom is -0.339 e. The van der Waals surface area contributed by atoms with E-state index in [-0.39, 0.29) is 0 Å². The predicted molar refractivity (Wildman–Crippen MR) is 55.6 cm³/mol. The summed E-state index contributed by atoms with van der Waals surface area (Å²) in [6, 6.07) is 1.37. The zero-order valence-electron chi connectivity index (χ0n) is 9.07. The molecule has 0 radical (unpaired) electrons. The molecule has 2 aliphatic heterocycles. The van der Waals surface area contributed by atoms with Crippen LogP contribution in [0.15, 0.2) is 4.52 Å². The number of nitrogens with zero attached hydrogens (tertiary/aromatic N) is 2. The Morgan fingerprint density at radius 2 is 2.07 bits per heavy atom. The van der Waals surface area contributed by atoms with Crippen LogP contribution < -0.4 is 5.32 Å². The lowest BCUT2D eigenvalue weighted by Crippen LogP contribution is -2.37. The van der Waals surface area contributed by atoms with Crippen LogP contribution in [-0.4, -0.2) is 22.2 Å². The fourth-order valence-corrected chi connectivity index (χ4v) is 2.84. The third-order valence-corrected chi connectivity index (χ3v) is 3.62. The maximum atomic E-state index is 5.33. The number of hydrogen-bond donors (Lipinski definition) is 1. The van der Waals surface area contributed by atoms with Crippen LogP contribution in [0, 0.1) is 0 Å². The first-order valence-corrected chi connectivity index (χ1v) is 5.93. The second-order valence-electron chi connectivity index (χ2n) is 4.71. The highest BCUT2D eigenvalue weighted by Crippen LogP contribution is 2.36. The van der Waals surface area contributed by atoms with Gasteiger partial charge in [0.15, 0.2) is 5.82 Å². The minimum atomic E-state index is 0.497. The number of fused-ring (bicyclic) bond motifs is 2. The first kappa shape index (κ1) is 9.33. The van der Waals surface area contributed by atoms with Crippen molar-refractivity contribution >= 4 is 0 Å². The molecular formula is C11H17N3O.